The van der Waals surface area contributed by atoms with Gasteiger partial charge in [-0.05, 0) is 19.3 Å². The summed E-state index contributed by atoms with van der Waals surface area (Å²) in [5.41, 5.74) is 0. The number of carbonyl (C=O) groups is 2. The molecule has 8 nitrogen and oxygen atoms in total. The van der Waals surface area contributed by atoms with Crippen molar-refractivity contribution in [2.75, 3.05) is 13.1 Å². The molecule has 24 heavy (non-hydrogen) atoms. The summed E-state index contributed by atoms with van der Waals surface area (Å²) in [6, 6.07) is -0.431. The zero-order valence-corrected chi connectivity index (χ0v) is 14.7. The molecule has 0 bridgehead atoms. The van der Waals surface area contributed by atoms with Crippen molar-refractivity contribution in [2.24, 2.45) is 7.05 Å². The van der Waals surface area contributed by atoms with Crippen LogP contribution in [0.15, 0.2) is 0 Å². The molecule has 0 aliphatic carbocycles. The molecule has 1 aromatic heterocycles. The zero-order chi connectivity index (χ0) is 17.7. The predicted molar refractivity (Wildman–Crippen MR) is 88.0 cm³/mol. The second kappa shape index (κ2) is 8.23. The van der Waals surface area contributed by atoms with Gasteiger partial charge in [0.25, 0.3) is 0 Å². The summed E-state index contributed by atoms with van der Waals surface area (Å²) in [4.78, 5) is 25.8. The summed E-state index contributed by atoms with van der Waals surface area (Å²) in [6.07, 6.45) is 3.11. The predicted octanol–water partition coefficient (Wildman–Crippen LogP) is 0.318. The Morgan fingerprint density at radius 3 is 2.50 bits per heavy atom. The first-order valence-corrected chi connectivity index (χ1v) is 8.52. The number of nitrogens with zero attached hydrogens (tertiary/aromatic N) is 4. The van der Waals surface area contributed by atoms with Gasteiger partial charge in [0.2, 0.25) is 11.8 Å². The molecule has 2 rings (SSSR count). The number of nitrogens with one attached hydrogen (secondary N) is 1. The third-order valence-electron chi connectivity index (χ3n) is 4.56. The Morgan fingerprint density at radius 2 is 2.00 bits per heavy atom. The van der Waals surface area contributed by atoms with E-state index in [-0.39, 0.29) is 24.3 Å². The van der Waals surface area contributed by atoms with Crippen molar-refractivity contribution in [1.82, 2.24) is 25.0 Å². The second-order valence-corrected chi connectivity index (χ2v) is 6.33. The summed E-state index contributed by atoms with van der Waals surface area (Å²) < 4.78 is 1.83. The molecule has 1 fully saturated rings. The van der Waals surface area contributed by atoms with Gasteiger partial charge in [-0.3, -0.25) is 9.59 Å². The molecular weight excluding hydrogens is 310 g/mol. The summed E-state index contributed by atoms with van der Waals surface area (Å²) in [5, 5.41) is 20.1. The molecule has 2 amide bonds. The molecule has 134 valence electrons. The monoisotopic (exact) mass is 337 g/mol. The minimum absolute atomic E-state index is 0.000451. The van der Waals surface area contributed by atoms with Crippen molar-refractivity contribution in [3.05, 3.63) is 11.6 Å². The lowest BCUT2D eigenvalue weighted by atomic mass is 9.95. The molecule has 0 spiro atoms. The van der Waals surface area contributed by atoms with Crippen LogP contribution in [0.1, 0.15) is 57.1 Å². The molecule has 1 unspecified atom stereocenters. The Balaban J connectivity index is 1.96. The van der Waals surface area contributed by atoms with Crippen LogP contribution in [0, 0.1) is 0 Å². The van der Waals surface area contributed by atoms with E-state index in [0.717, 1.165) is 25.1 Å². The van der Waals surface area contributed by atoms with E-state index in [0.29, 0.717) is 25.3 Å². The van der Waals surface area contributed by atoms with E-state index in [1.165, 1.54) is 6.92 Å². The van der Waals surface area contributed by atoms with E-state index < -0.39 is 6.04 Å². The first-order valence-electron chi connectivity index (χ1n) is 8.52. The summed E-state index contributed by atoms with van der Waals surface area (Å²) >= 11 is 0. The molecule has 0 aromatic carbocycles. The Bertz CT molecular complexity index is 578. The van der Waals surface area contributed by atoms with E-state index in [2.05, 4.69) is 15.5 Å². The number of rotatable bonds is 6. The maximum absolute atomic E-state index is 12.6. The number of piperidine rings is 1. The Morgan fingerprint density at radius 1 is 1.33 bits per heavy atom. The largest absolute Gasteiger partial charge is 0.388 e. The van der Waals surface area contributed by atoms with E-state index in [9.17, 15) is 14.7 Å². The molecule has 0 saturated carbocycles. The maximum atomic E-state index is 12.6. The van der Waals surface area contributed by atoms with E-state index in [4.69, 9.17) is 0 Å². The third-order valence-corrected chi connectivity index (χ3v) is 4.56. The fourth-order valence-corrected chi connectivity index (χ4v) is 3.24. The van der Waals surface area contributed by atoms with Crippen LogP contribution in [-0.2, 0) is 23.2 Å². The molecule has 1 atom stereocenters. The number of likely N-dealkylation sites (tertiary alicyclic amines) is 1. The molecule has 1 aliphatic heterocycles. The third kappa shape index (κ3) is 4.11. The van der Waals surface area contributed by atoms with Crippen LogP contribution in [0.25, 0.3) is 0 Å². The van der Waals surface area contributed by atoms with Crippen molar-refractivity contribution in [1.29, 1.82) is 0 Å². The van der Waals surface area contributed by atoms with Crippen molar-refractivity contribution < 1.29 is 14.7 Å². The number of hydrogen-bond donors (Lipinski definition) is 2. The van der Waals surface area contributed by atoms with Crippen LogP contribution in [-0.4, -0.2) is 55.7 Å². The lowest BCUT2D eigenvalue weighted by Gasteiger charge is -2.34. The Labute approximate surface area is 142 Å². The van der Waals surface area contributed by atoms with Crippen LogP contribution in [0.2, 0.25) is 0 Å². The van der Waals surface area contributed by atoms with Crippen LogP contribution in [0.4, 0.5) is 0 Å². The smallest absolute Gasteiger partial charge is 0.245 e. The number of amides is 2. The van der Waals surface area contributed by atoms with Crippen LogP contribution >= 0.6 is 0 Å². The lowest BCUT2D eigenvalue weighted by molar-refractivity contribution is -0.137. The van der Waals surface area contributed by atoms with Gasteiger partial charge in [0.15, 0.2) is 5.82 Å². The van der Waals surface area contributed by atoms with Crippen molar-refractivity contribution in [2.45, 2.75) is 58.1 Å². The number of aromatic nitrogens is 3. The topological polar surface area (TPSA) is 100 Å². The number of aliphatic hydroxyl groups is 1. The summed E-state index contributed by atoms with van der Waals surface area (Å²) in [6.45, 7) is 4.60. The molecule has 2 N–H and O–H groups in total. The van der Waals surface area contributed by atoms with E-state index in [1.807, 2.05) is 23.4 Å². The van der Waals surface area contributed by atoms with Gasteiger partial charge >= 0.3 is 0 Å². The highest BCUT2D eigenvalue weighted by molar-refractivity contribution is 5.86. The van der Waals surface area contributed by atoms with Gasteiger partial charge in [-0.25, -0.2) is 0 Å². The quantitative estimate of drug-likeness (QED) is 0.778. The first-order chi connectivity index (χ1) is 11.5. The molecular formula is C16H27N5O3. The van der Waals surface area contributed by atoms with Gasteiger partial charge in [-0.15, -0.1) is 10.2 Å². The average Bonchev–Trinajstić information content (AvgIpc) is 2.94. The minimum atomic E-state index is -0.431. The zero-order valence-electron chi connectivity index (χ0n) is 14.7. The highest BCUT2D eigenvalue weighted by atomic mass is 16.3. The SMILES string of the molecule is CCCC(NC(C)=O)C(=O)N1CCC(c2nnc(CO)n2C)CC1. The van der Waals surface area contributed by atoms with Crippen molar-refractivity contribution in [3.8, 4) is 0 Å². The number of carbonyl (C=O) groups excluding carboxylic acids is 2. The van der Waals surface area contributed by atoms with Gasteiger partial charge in [0.05, 0.1) is 0 Å². The Kier molecular flexibility index (Phi) is 6.30. The normalized spacial score (nSPS) is 16.9. The molecule has 1 aliphatic rings. The van der Waals surface area contributed by atoms with Crippen LogP contribution in [0.5, 0.6) is 0 Å². The van der Waals surface area contributed by atoms with Crippen molar-refractivity contribution >= 4 is 11.8 Å². The fraction of sp³-hybridized carbons (Fsp3) is 0.750. The van der Waals surface area contributed by atoms with Gasteiger partial charge in [-0.2, -0.15) is 0 Å². The molecule has 0 radical (unpaired) electrons. The van der Waals surface area contributed by atoms with Gasteiger partial charge in [0.1, 0.15) is 18.5 Å². The highest BCUT2D eigenvalue weighted by Gasteiger charge is 2.30. The molecule has 1 aromatic rings. The summed E-state index contributed by atoms with van der Waals surface area (Å²) in [5.74, 6) is 1.47. The van der Waals surface area contributed by atoms with Gasteiger partial charge in [-0.1, -0.05) is 13.3 Å². The Hall–Kier alpha value is -1.96. The molecule has 2 heterocycles. The number of aliphatic hydroxyl groups excluding tert-OH is 1. The maximum Gasteiger partial charge on any atom is 0.245 e. The standard InChI is InChI=1S/C16H27N5O3/c1-4-5-13(17-11(2)23)16(24)21-8-6-12(7-9-21)15-19-18-14(10-22)20(15)3/h12-13,22H,4-10H2,1-3H3,(H,17,23). The van der Waals surface area contributed by atoms with Crippen LogP contribution in [0.3, 0.4) is 0 Å². The molecule has 8 heteroatoms. The average molecular weight is 337 g/mol. The fourth-order valence-electron chi connectivity index (χ4n) is 3.24. The molecule has 1 saturated heterocycles. The summed E-state index contributed by atoms with van der Waals surface area (Å²) in [7, 11) is 1.85. The first kappa shape index (κ1) is 18.4. The minimum Gasteiger partial charge on any atom is -0.388 e. The van der Waals surface area contributed by atoms with Crippen LogP contribution < -0.4 is 5.32 Å². The van der Waals surface area contributed by atoms with E-state index in [1.54, 1.807) is 0 Å². The second-order valence-electron chi connectivity index (χ2n) is 6.33. The van der Waals surface area contributed by atoms with Gasteiger partial charge in [0, 0.05) is 33.0 Å². The highest BCUT2D eigenvalue weighted by Crippen LogP contribution is 2.27. The number of hydrogen-bond acceptors (Lipinski definition) is 5. The van der Waals surface area contributed by atoms with E-state index >= 15 is 0 Å². The van der Waals surface area contributed by atoms with Crippen molar-refractivity contribution in [3.63, 3.8) is 0 Å². The van der Waals surface area contributed by atoms with Gasteiger partial charge < -0.3 is 19.9 Å². The lowest BCUT2D eigenvalue weighted by Crippen LogP contribution is -2.50.